The van der Waals surface area contributed by atoms with E-state index >= 15 is 0 Å². The second kappa shape index (κ2) is 4.66. The average molecular weight is 224 g/mol. The topological polar surface area (TPSA) is 38.0 Å². The first-order valence-electron chi connectivity index (χ1n) is 7.02. The molecule has 0 radical (unpaired) electrons. The molecule has 1 unspecified atom stereocenters. The molecule has 2 saturated carbocycles. The number of hydrogen-bond acceptors (Lipinski definition) is 2. The molecule has 16 heavy (non-hydrogen) atoms. The summed E-state index contributed by atoms with van der Waals surface area (Å²) in [6, 6.07) is 0.769. The third kappa shape index (κ3) is 2.78. The van der Waals surface area contributed by atoms with E-state index in [1.807, 2.05) is 0 Å². The van der Waals surface area contributed by atoms with Gasteiger partial charge in [-0.15, -0.1) is 0 Å². The Kier molecular flexibility index (Phi) is 3.60. The Hall–Kier alpha value is -0.0800. The third-order valence-electron chi connectivity index (χ3n) is 4.91. The molecule has 0 heterocycles. The summed E-state index contributed by atoms with van der Waals surface area (Å²) in [5.74, 6) is 0. The maximum Gasteiger partial charge on any atom is 0.0124 e. The molecule has 0 bridgehead atoms. The zero-order chi connectivity index (χ0) is 11.6. The van der Waals surface area contributed by atoms with Gasteiger partial charge in [0.15, 0.2) is 0 Å². The first kappa shape index (κ1) is 12.4. The average Bonchev–Trinajstić information content (AvgIpc) is 2.88. The van der Waals surface area contributed by atoms with Crippen molar-refractivity contribution in [1.82, 2.24) is 5.32 Å². The molecule has 2 fully saturated rings. The fourth-order valence-electron chi connectivity index (χ4n) is 3.19. The fourth-order valence-corrected chi connectivity index (χ4v) is 3.19. The van der Waals surface area contributed by atoms with E-state index in [1.165, 1.54) is 51.5 Å². The Morgan fingerprint density at radius 2 is 1.81 bits per heavy atom. The minimum atomic E-state index is 0.476. The van der Waals surface area contributed by atoms with Crippen LogP contribution in [0.3, 0.4) is 0 Å². The van der Waals surface area contributed by atoms with Gasteiger partial charge in [-0.1, -0.05) is 33.1 Å². The van der Waals surface area contributed by atoms with Crippen LogP contribution in [0.15, 0.2) is 0 Å². The van der Waals surface area contributed by atoms with Crippen molar-refractivity contribution in [2.24, 2.45) is 16.6 Å². The molecule has 0 amide bonds. The molecular formula is C14H28N2. The van der Waals surface area contributed by atoms with Crippen molar-refractivity contribution in [3.05, 3.63) is 0 Å². The van der Waals surface area contributed by atoms with Crippen LogP contribution in [0.25, 0.3) is 0 Å². The van der Waals surface area contributed by atoms with Gasteiger partial charge >= 0.3 is 0 Å². The first-order chi connectivity index (χ1) is 7.58. The van der Waals surface area contributed by atoms with E-state index in [0.717, 1.165) is 12.6 Å². The van der Waals surface area contributed by atoms with Crippen LogP contribution in [0.4, 0.5) is 0 Å². The predicted octanol–water partition coefficient (Wildman–Crippen LogP) is 2.67. The molecule has 2 nitrogen and oxygen atoms in total. The molecule has 0 aliphatic heterocycles. The van der Waals surface area contributed by atoms with E-state index in [0.29, 0.717) is 10.8 Å². The van der Waals surface area contributed by atoms with Crippen molar-refractivity contribution in [3.8, 4) is 0 Å². The highest BCUT2D eigenvalue weighted by molar-refractivity contribution is 5.01. The molecule has 0 spiro atoms. The van der Waals surface area contributed by atoms with Crippen LogP contribution in [0.5, 0.6) is 0 Å². The summed E-state index contributed by atoms with van der Waals surface area (Å²) >= 11 is 0. The Balaban J connectivity index is 1.71. The molecule has 2 heteroatoms. The quantitative estimate of drug-likeness (QED) is 0.753. The van der Waals surface area contributed by atoms with Crippen molar-refractivity contribution in [3.63, 3.8) is 0 Å². The summed E-state index contributed by atoms with van der Waals surface area (Å²) in [6.45, 7) is 6.77. The van der Waals surface area contributed by atoms with Crippen molar-refractivity contribution in [2.75, 3.05) is 13.1 Å². The summed E-state index contributed by atoms with van der Waals surface area (Å²) in [5, 5.41) is 3.70. The smallest absolute Gasteiger partial charge is 0.0124 e. The van der Waals surface area contributed by atoms with Gasteiger partial charge in [0.05, 0.1) is 0 Å². The van der Waals surface area contributed by atoms with Crippen LogP contribution in [0.2, 0.25) is 0 Å². The van der Waals surface area contributed by atoms with Crippen LogP contribution in [0, 0.1) is 10.8 Å². The largest absolute Gasteiger partial charge is 0.330 e. The number of nitrogens with one attached hydrogen (secondary N) is 1. The number of rotatable bonds is 5. The maximum absolute atomic E-state index is 6.00. The maximum atomic E-state index is 6.00. The predicted molar refractivity (Wildman–Crippen MR) is 69.4 cm³/mol. The van der Waals surface area contributed by atoms with Crippen molar-refractivity contribution < 1.29 is 0 Å². The minimum absolute atomic E-state index is 0.476. The van der Waals surface area contributed by atoms with Crippen molar-refractivity contribution >= 4 is 0 Å². The van der Waals surface area contributed by atoms with E-state index in [4.69, 9.17) is 5.73 Å². The van der Waals surface area contributed by atoms with E-state index < -0.39 is 0 Å². The lowest BCUT2D eigenvalue weighted by Gasteiger charge is -2.36. The lowest BCUT2D eigenvalue weighted by Crippen LogP contribution is -2.36. The van der Waals surface area contributed by atoms with Gasteiger partial charge in [0.2, 0.25) is 0 Å². The van der Waals surface area contributed by atoms with Gasteiger partial charge in [-0.25, -0.2) is 0 Å². The molecule has 2 aliphatic rings. The van der Waals surface area contributed by atoms with Gasteiger partial charge in [0.1, 0.15) is 0 Å². The Morgan fingerprint density at radius 1 is 1.19 bits per heavy atom. The van der Waals surface area contributed by atoms with Crippen molar-refractivity contribution in [1.29, 1.82) is 0 Å². The summed E-state index contributed by atoms with van der Waals surface area (Å²) in [7, 11) is 0. The zero-order valence-corrected chi connectivity index (χ0v) is 11.0. The monoisotopic (exact) mass is 224 g/mol. The Morgan fingerprint density at radius 3 is 2.31 bits per heavy atom. The molecule has 2 aliphatic carbocycles. The van der Waals surface area contributed by atoms with E-state index in [9.17, 15) is 0 Å². The molecule has 0 aromatic heterocycles. The summed E-state index contributed by atoms with van der Waals surface area (Å²) in [6.07, 6.45) is 9.57. The number of hydrogen-bond donors (Lipinski definition) is 2. The highest BCUT2D eigenvalue weighted by Crippen LogP contribution is 2.45. The molecule has 2 rings (SSSR count). The molecule has 3 N–H and O–H groups in total. The van der Waals surface area contributed by atoms with Gasteiger partial charge in [-0.05, 0) is 49.6 Å². The summed E-state index contributed by atoms with van der Waals surface area (Å²) in [4.78, 5) is 0. The lowest BCUT2D eigenvalue weighted by molar-refractivity contribution is 0.180. The Bertz CT molecular complexity index is 229. The molecule has 0 aromatic rings. The molecular weight excluding hydrogens is 196 g/mol. The molecule has 0 aromatic carbocycles. The molecule has 0 saturated heterocycles. The van der Waals surface area contributed by atoms with Crippen LogP contribution >= 0.6 is 0 Å². The summed E-state index contributed by atoms with van der Waals surface area (Å²) < 4.78 is 0. The fraction of sp³-hybridized carbons (Fsp3) is 1.00. The van der Waals surface area contributed by atoms with Gasteiger partial charge in [-0.3, -0.25) is 0 Å². The summed E-state index contributed by atoms with van der Waals surface area (Å²) in [5.41, 5.74) is 7.03. The van der Waals surface area contributed by atoms with Crippen LogP contribution in [0.1, 0.15) is 58.8 Å². The second-order valence-electron chi connectivity index (χ2n) is 6.71. The van der Waals surface area contributed by atoms with Crippen molar-refractivity contribution in [2.45, 2.75) is 64.8 Å². The minimum Gasteiger partial charge on any atom is -0.330 e. The van der Waals surface area contributed by atoms with Crippen LogP contribution in [-0.2, 0) is 0 Å². The Labute approximate surface area is 100 Å². The zero-order valence-electron chi connectivity index (χ0n) is 11.0. The van der Waals surface area contributed by atoms with Gasteiger partial charge in [-0.2, -0.15) is 0 Å². The molecule has 1 atom stereocenters. The highest BCUT2D eigenvalue weighted by atomic mass is 15.0. The normalized spacial score (nSPS) is 31.3. The van der Waals surface area contributed by atoms with E-state index in [1.54, 1.807) is 0 Å². The first-order valence-corrected chi connectivity index (χ1v) is 7.02. The van der Waals surface area contributed by atoms with Gasteiger partial charge in [0.25, 0.3) is 0 Å². The van der Waals surface area contributed by atoms with E-state index in [-0.39, 0.29) is 0 Å². The molecule has 94 valence electrons. The SMILES string of the molecule is CC1(C)CC1NCCC1(CN)CCCCC1. The van der Waals surface area contributed by atoms with E-state index in [2.05, 4.69) is 19.2 Å². The second-order valence-corrected chi connectivity index (χ2v) is 6.71. The lowest BCUT2D eigenvalue weighted by atomic mass is 9.72. The van der Waals surface area contributed by atoms with Crippen LogP contribution in [-0.4, -0.2) is 19.1 Å². The van der Waals surface area contributed by atoms with Gasteiger partial charge < -0.3 is 11.1 Å². The number of nitrogens with two attached hydrogens (primary N) is 1. The standard InChI is InChI=1S/C14H28N2/c1-13(2)10-12(13)16-9-8-14(11-15)6-4-3-5-7-14/h12,16H,3-11,15H2,1-2H3. The third-order valence-corrected chi connectivity index (χ3v) is 4.91. The highest BCUT2D eigenvalue weighted by Gasteiger charge is 2.45. The van der Waals surface area contributed by atoms with Crippen LogP contribution < -0.4 is 11.1 Å². The van der Waals surface area contributed by atoms with Gasteiger partial charge in [0, 0.05) is 6.04 Å².